The number of aliphatic carboxylic acids is 1. The number of ether oxygens (including phenoxy) is 1. The van der Waals surface area contributed by atoms with Crippen molar-refractivity contribution in [3.05, 3.63) is 29.8 Å². The predicted octanol–water partition coefficient (Wildman–Crippen LogP) is 2.44. The molecule has 0 saturated heterocycles. The van der Waals surface area contributed by atoms with Gasteiger partial charge in [0.15, 0.2) is 0 Å². The summed E-state index contributed by atoms with van der Waals surface area (Å²) >= 11 is 0. The molecule has 1 aromatic carbocycles. The molecule has 1 N–H and O–H groups in total. The van der Waals surface area contributed by atoms with Crippen molar-refractivity contribution in [1.82, 2.24) is 4.90 Å². The van der Waals surface area contributed by atoms with E-state index in [0.717, 1.165) is 11.3 Å². The first kappa shape index (κ1) is 18.0. The van der Waals surface area contributed by atoms with Crippen LogP contribution in [0.3, 0.4) is 0 Å². The number of carbonyl (C=O) groups excluding carboxylic acids is 1. The fourth-order valence-corrected chi connectivity index (χ4v) is 2.35. The third-order valence-electron chi connectivity index (χ3n) is 3.35. The maximum Gasteiger partial charge on any atom is 0.323 e. The number of hydrogen-bond donors (Lipinski definition) is 1. The van der Waals surface area contributed by atoms with Crippen LogP contribution in [0.2, 0.25) is 0 Å². The molecule has 5 heteroatoms. The van der Waals surface area contributed by atoms with Crippen LogP contribution >= 0.6 is 0 Å². The van der Waals surface area contributed by atoms with Gasteiger partial charge >= 0.3 is 5.97 Å². The zero-order chi connectivity index (χ0) is 16.7. The molecule has 1 amide bonds. The van der Waals surface area contributed by atoms with E-state index in [4.69, 9.17) is 9.84 Å². The van der Waals surface area contributed by atoms with Crippen LogP contribution < -0.4 is 4.74 Å². The molecule has 1 rings (SSSR count). The Morgan fingerprint density at radius 2 is 1.77 bits per heavy atom. The Morgan fingerprint density at radius 3 is 2.23 bits per heavy atom. The number of rotatable bonds is 8. The van der Waals surface area contributed by atoms with Gasteiger partial charge in [0, 0.05) is 12.5 Å². The van der Waals surface area contributed by atoms with Crippen molar-refractivity contribution >= 4 is 11.9 Å². The standard InChI is InChI=1S/C17H25NO4/c1-12(2)10-18(11-16(19)20)17(21)13(3)9-14-5-7-15(22-4)8-6-14/h5-8,12-13H,9-11H2,1-4H3,(H,19,20). The lowest BCUT2D eigenvalue weighted by Crippen LogP contribution is -2.41. The van der Waals surface area contributed by atoms with Crippen LogP contribution in [-0.4, -0.2) is 42.1 Å². The minimum atomic E-state index is -0.981. The molecule has 1 aromatic rings. The first-order valence-electron chi connectivity index (χ1n) is 7.47. The van der Waals surface area contributed by atoms with Crippen LogP contribution in [0.4, 0.5) is 0 Å². The molecule has 0 spiro atoms. The number of carbonyl (C=O) groups is 2. The molecule has 0 aliphatic heterocycles. The Labute approximate surface area is 131 Å². The Balaban J connectivity index is 2.72. The predicted molar refractivity (Wildman–Crippen MR) is 84.9 cm³/mol. The van der Waals surface area contributed by atoms with Crippen molar-refractivity contribution < 1.29 is 19.4 Å². The lowest BCUT2D eigenvalue weighted by atomic mass is 9.99. The van der Waals surface area contributed by atoms with E-state index in [9.17, 15) is 9.59 Å². The van der Waals surface area contributed by atoms with Crippen molar-refractivity contribution in [2.45, 2.75) is 27.2 Å². The summed E-state index contributed by atoms with van der Waals surface area (Å²) < 4.78 is 5.11. The smallest absolute Gasteiger partial charge is 0.323 e. The van der Waals surface area contributed by atoms with Crippen LogP contribution in [0.1, 0.15) is 26.3 Å². The maximum absolute atomic E-state index is 12.5. The molecule has 1 unspecified atom stereocenters. The minimum absolute atomic E-state index is 0.119. The molecule has 0 bridgehead atoms. The number of amides is 1. The SMILES string of the molecule is COc1ccc(CC(C)C(=O)N(CC(=O)O)CC(C)C)cc1. The molecular formula is C17H25NO4. The highest BCUT2D eigenvalue weighted by Crippen LogP contribution is 2.16. The molecule has 0 radical (unpaired) electrons. The van der Waals surface area contributed by atoms with Crippen LogP contribution in [0.15, 0.2) is 24.3 Å². The number of carboxylic acid groups (broad SMARTS) is 1. The summed E-state index contributed by atoms with van der Waals surface area (Å²) in [6.45, 7) is 5.98. The van der Waals surface area contributed by atoms with Gasteiger partial charge in [-0.15, -0.1) is 0 Å². The van der Waals surface area contributed by atoms with Crippen LogP contribution in [0.5, 0.6) is 5.75 Å². The number of carboxylic acids is 1. The van der Waals surface area contributed by atoms with E-state index in [1.807, 2.05) is 45.0 Å². The molecular weight excluding hydrogens is 282 g/mol. The van der Waals surface area contributed by atoms with Crippen molar-refractivity contribution in [2.24, 2.45) is 11.8 Å². The van der Waals surface area contributed by atoms with E-state index >= 15 is 0 Å². The number of methoxy groups -OCH3 is 1. The molecule has 22 heavy (non-hydrogen) atoms. The second-order valence-electron chi connectivity index (χ2n) is 5.96. The Kier molecular flexibility index (Phi) is 6.89. The molecule has 0 aliphatic rings. The average molecular weight is 307 g/mol. The highest BCUT2D eigenvalue weighted by Gasteiger charge is 2.23. The fourth-order valence-electron chi connectivity index (χ4n) is 2.35. The first-order valence-corrected chi connectivity index (χ1v) is 7.47. The molecule has 0 aromatic heterocycles. The van der Waals surface area contributed by atoms with E-state index in [0.29, 0.717) is 13.0 Å². The second-order valence-corrected chi connectivity index (χ2v) is 5.96. The molecule has 0 fully saturated rings. The van der Waals surface area contributed by atoms with Gasteiger partial charge in [-0.05, 0) is 30.0 Å². The van der Waals surface area contributed by atoms with Gasteiger partial charge in [-0.1, -0.05) is 32.9 Å². The summed E-state index contributed by atoms with van der Waals surface area (Å²) in [4.78, 5) is 24.9. The summed E-state index contributed by atoms with van der Waals surface area (Å²) in [5.74, 6) is -0.351. The van der Waals surface area contributed by atoms with Gasteiger partial charge in [0.2, 0.25) is 5.91 Å². The highest BCUT2D eigenvalue weighted by molar-refractivity contribution is 5.83. The van der Waals surface area contributed by atoms with Gasteiger partial charge in [-0.2, -0.15) is 0 Å². The van der Waals surface area contributed by atoms with Crippen molar-refractivity contribution in [3.8, 4) is 5.75 Å². The average Bonchev–Trinajstić information content (AvgIpc) is 2.45. The third-order valence-corrected chi connectivity index (χ3v) is 3.35. The van der Waals surface area contributed by atoms with Crippen LogP contribution in [-0.2, 0) is 16.0 Å². The summed E-state index contributed by atoms with van der Waals surface area (Å²) in [7, 11) is 1.61. The van der Waals surface area contributed by atoms with Gasteiger partial charge in [0.05, 0.1) is 7.11 Å². The van der Waals surface area contributed by atoms with Crippen molar-refractivity contribution in [3.63, 3.8) is 0 Å². The van der Waals surface area contributed by atoms with Gasteiger partial charge in [0.25, 0.3) is 0 Å². The van der Waals surface area contributed by atoms with E-state index in [1.54, 1.807) is 7.11 Å². The first-order chi connectivity index (χ1) is 10.3. The Morgan fingerprint density at radius 1 is 1.18 bits per heavy atom. The fraction of sp³-hybridized carbons (Fsp3) is 0.529. The van der Waals surface area contributed by atoms with Crippen LogP contribution in [0, 0.1) is 11.8 Å². The van der Waals surface area contributed by atoms with Gasteiger partial charge in [-0.25, -0.2) is 0 Å². The van der Waals surface area contributed by atoms with Gasteiger partial charge in [-0.3, -0.25) is 9.59 Å². The largest absolute Gasteiger partial charge is 0.497 e. The maximum atomic E-state index is 12.5. The monoisotopic (exact) mass is 307 g/mol. The normalized spacial score (nSPS) is 12.0. The molecule has 0 saturated carbocycles. The lowest BCUT2D eigenvalue weighted by molar-refractivity contribution is -0.146. The Hall–Kier alpha value is -2.04. The quantitative estimate of drug-likeness (QED) is 0.801. The molecule has 0 aliphatic carbocycles. The third kappa shape index (κ3) is 5.76. The lowest BCUT2D eigenvalue weighted by Gasteiger charge is -2.26. The topological polar surface area (TPSA) is 66.8 Å². The summed E-state index contributed by atoms with van der Waals surface area (Å²) in [6, 6.07) is 7.56. The van der Waals surface area contributed by atoms with Gasteiger partial charge in [0.1, 0.15) is 12.3 Å². The summed E-state index contributed by atoms with van der Waals surface area (Å²) in [5, 5.41) is 8.97. The second kappa shape index (κ2) is 8.41. The van der Waals surface area contributed by atoms with Crippen molar-refractivity contribution in [2.75, 3.05) is 20.2 Å². The molecule has 122 valence electrons. The van der Waals surface area contributed by atoms with E-state index in [2.05, 4.69) is 0 Å². The number of benzene rings is 1. The van der Waals surface area contributed by atoms with Crippen molar-refractivity contribution in [1.29, 1.82) is 0 Å². The van der Waals surface area contributed by atoms with E-state index < -0.39 is 5.97 Å². The number of hydrogen-bond acceptors (Lipinski definition) is 3. The zero-order valence-corrected chi connectivity index (χ0v) is 13.7. The summed E-state index contributed by atoms with van der Waals surface area (Å²) in [5.41, 5.74) is 1.03. The summed E-state index contributed by atoms with van der Waals surface area (Å²) in [6.07, 6.45) is 0.580. The van der Waals surface area contributed by atoms with E-state index in [1.165, 1.54) is 4.90 Å². The molecule has 5 nitrogen and oxygen atoms in total. The zero-order valence-electron chi connectivity index (χ0n) is 13.7. The highest BCUT2D eigenvalue weighted by atomic mass is 16.5. The number of nitrogens with zero attached hydrogens (tertiary/aromatic N) is 1. The van der Waals surface area contributed by atoms with Crippen LogP contribution in [0.25, 0.3) is 0 Å². The van der Waals surface area contributed by atoms with Gasteiger partial charge < -0.3 is 14.7 Å². The Bertz CT molecular complexity index is 496. The minimum Gasteiger partial charge on any atom is -0.497 e. The van der Waals surface area contributed by atoms with E-state index in [-0.39, 0.29) is 24.3 Å². The molecule has 0 heterocycles. The molecule has 1 atom stereocenters.